The van der Waals surface area contributed by atoms with E-state index in [1.165, 1.54) is 30.2 Å². The largest absolute Gasteiger partial charge is 0.496 e. The van der Waals surface area contributed by atoms with Gasteiger partial charge < -0.3 is 10.1 Å². The molecule has 1 N–H and O–H groups in total. The zero-order valence-electron chi connectivity index (χ0n) is 19.4. The van der Waals surface area contributed by atoms with E-state index >= 15 is 0 Å². The fourth-order valence-electron chi connectivity index (χ4n) is 3.56. The van der Waals surface area contributed by atoms with Crippen LogP contribution >= 0.6 is 35.0 Å². The standard InChI is InChI=1S/C25H20Cl2N4O5S/c1-36-18-10-11-20(21(12-18)31(34)35)29-23(32)13-22-24(33)30(14-15-4-2-3-5-19(15)27)25(37-22)28-17-8-6-16(26)7-9-17/h2-12,22H,13-14H2,1H3,(H,29,32)/t22-/m0/s1. The van der Waals surface area contributed by atoms with E-state index in [0.717, 1.165) is 17.3 Å². The maximum Gasteiger partial charge on any atom is 0.296 e. The van der Waals surface area contributed by atoms with Gasteiger partial charge in [0.25, 0.3) is 5.69 Å². The fourth-order valence-corrected chi connectivity index (χ4v) is 5.04. The second kappa shape index (κ2) is 11.6. The number of nitrogens with zero attached hydrogens (tertiary/aromatic N) is 3. The van der Waals surface area contributed by atoms with Gasteiger partial charge in [-0.05, 0) is 48.0 Å². The van der Waals surface area contributed by atoms with Crippen LogP contribution in [-0.2, 0) is 16.1 Å². The van der Waals surface area contributed by atoms with Crippen LogP contribution < -0.4 is 10.1 Å². The van der Waals surface area contributed by atoms with Crippen molar-refractivity contribution in [1.29, 1.82) is 0 Å². The smallest absolute Gasteiger partial charge is 0.296 e. The Hall–Kier alpha value is -3.60. The Kier molecular flexibility index (Phi) is 8.32. The van der Waals surface area contributed by atoms with E-state index in [1.54, 1.807) is 36.4 Å². The van der Waals surface area contributed by atoms with Crippen LogP contribution in [0, 0.1) is 10.1 Å². The number of nitrogens with one attached hydrogen (secondary N) is 1. The van der Waals surface area contributed by atoms with Crippen molar-refractivity contribution in [2.45, 2.75) is 18.2 Å². The first-order chi connectivity index (χ1) is 17.7. The second-order valence-electron chi connectivity index (χ2n) is 7.89. The van der Waals surface area contributed by atoms with Crippen molar-refractivity contribution < 1.29 is 19.2 Å². The molecule has 1 heterocycles. The van der Waals surface area contributed by atoms with Crippen molar-refractivity contribution in [3.8, 4) is 5.75 Å². The lowest BCUT2D eigenvalue weighted by Gasteiger charge is -2.17. The van der Waals surface area contributed by atoms with Crippen molar-refractivity contribution in [3.63, 3.8) is 0 Å². The summed E-state index contributed by atoms with van der Waals surface area (Å²) in [6.07, 6.45) is -0.217. The number of benzene rings is 3. The van der Waals surface area contributed by atoms with Gasteiger partial charge in [0.2, 0.25) is 11.8 Å². The Morgan fingerprint density at radius 1 is 1.16 bits per heavy atom. The third-order valence-corrected chi connectivity index (χ3v) is 7.20. The molecule has 2 amide bonds. The molecule has 0 aliphatic carbocycles. The lowest BCUT2D eigenvalue weighted by molar-refractivity contribution is -0.384. The summed E-state index contributed by atoms with van der Waals surface area (Å²) in [6, 6.07) is 18.1. The SMILES string of the molecule is COc1ccc(NC(=O)C[C@@H]2SC(=Nc3ccc(Cl)cc3)N(Cc3ccccc3Cl)C2=O)c([N+](=O)[O-])c1. The van der Waals surface area contributed by atoms with Crippen molar-refractivity contribution in [2.24, 2.45) is 4.99 Å². The molecule has 9 nitrogen and oxygen atoms in total. The van der Waals surface area contributed by atoms with Gasteiger partial charge in [0.1, 0.15) is 16.7 Å². The quantitative estimate of drug-likeness (QED) is 0.265. The Morgan fingerprint density at radius 2 is 1.89 bits per heavy atom. The number of amides is 2. The highest BCUT2D eigenvalue weighted by Crippen LogP contribution is 2.35. The molecule has 4 rings (SSSR count). The van der Waals surface area contributed by atoms with E-state index in [4.69, 9.17) is 27.9 Å². The van der Waals surface area contributed by atoms with Crippen LogP contribution in [0.3, 0.4) is 0 Å². The van der Waals surface area contributed by atoms with Gasteiger partial charge in [-0.15, -0.1) is 0 Å². The van der Waals surface area contributed by atoms with Crippen LogP contribution in [0.4, 0.5) is 17.1 Å². The lowest BCUT2D eigenvalue weighted by Crippen LogP contribution is -2.33. The summed E-state index contributed by atoms with van der Waals surface area (Å²) >= 11 is 13.4. The maximum atomic E-state index is 13.4. The molecule has 0 spiro atoms. The molecule has 1 aliphatic heterocycles. The Balaban J connectivity index is 1.57. The molecule has 0 aromatic heterocycles. The zero-order valence-corrected chi connectivity index (χ0v) is 21.7. The van der Waals surface area contributed by atoms with Gasteiger partial charge in [0, 0.05) is 16.5 Å². The molecule has 1 fully saturated rings. The highest BCUT2D eigenvalue weighted by atomic mass is 35.5. The van der Waals surface area contributed by atoms with Crippen LogP contribution in [0.2, 0.25) is 10.0 Å². The van der Waals surface area contributed by atoms with Gasteiger partial charge in [-0.3, -0.25) is 24.6 Å². The number of halogens is 2. The number of carbonyl (C=O) groups is 2. The molecule has 0 radical (unpaired) electrons. The van der Waals surface area contributed by atoms with E-state index in [0.29, 0.717) is 20.9 Å². The zero-order chi connectivity index (χ0) is 26.5. The van der Waals surface area contributed by atoms with E-state index in [1.807, 2.05) is 12.1 Å². The molecule has 37 heavy (non-hydrogen) atoms. The van der Waals surface area contributed by atoms with Gasteiger partial charge in [-0.1, -0.05) is 53.2 Å². The summed E-state index contributed by atoms with van der Waals surface area (Å²) < 4.78 is 5.02. The van der Waals surface area contributed by atoms with Crippen LogP contribution in [0.15, 0.2) is 71.7 Å². The van der Waals surface area contributed by atoms with E-state index in [-0.39, 0.29) is 36.0 Å². The number of anilines is 1. The first kappa shape index (κ1) is 26.5. The van der Waals surface area contributed by atoms with Crippen LogP contribution in [0.5, 0.6) is 5.75 Å². The van der Waals surface area contributed by atoms with E-state index in [9.17, 15) is 19.7 Å². The first-order valence-corrected chi connectivity index (χ1v) is 12.6. The minimum atomic E-state index is -0.786. The van der Waals surface area contributed by atoms with Crippen molar-refractivity contribution >= 4 is 69.0 Å². The van der Waals surface area contributed by atoms with Crippen molar-refractivity contribution in [1.82, 2.24) is 4.90 Å². The molecule has 1 atom stereocenters. The van der Waals surface area contributed by atoms with E-state index in [2.05, 4.69) is 10.3 Å². The minimum Gasteiger partial charge on any atom is -0.496 e. The number of hydrogen-bond donors (Lipinski definition) is 1. The molecular weight excluding hydrogens is 539 g/mol. The molecule has 190 valence electrons. The van der Waals surface area contributed by atoms with Crippen LogP contribution in [0.1, 0.15) is 12.0 Å². The molecule has 0 unspecified atom stereocenters. The highest BCUT2D eigenvalue weighted by molar-refractivity contribution is 8.15. The van der Waals surface area contributed by atoms with Crippen LogP contribution in [-0.4, -0.2) is 39.2 Å². The molecule has 0 bridgehead atoms. The maximum absolute atomic E-state index is 13.4. The molecular formula is C25H20Cl2N4O5S. The number of methoxy groups -OCH3 is 1. The second-order valence-corrected chi connectivity index (χ2v) is 9.90. The minimum absolute atomic E-state index is 0.00854. The third-order valence-electron chi connectivity index (χ3n) is 5.40. The summed E-state index contributed by atoms with van der Waals surface area (Å²) in [7, 11) is 1.39. The molecule has 3 aromatic rings. The number of ether oxygens (including phenoxy) is 1. The summed E-state index contributed by atoms with van der Waals surface area (Å²) in [5.74, 6) is -0.592. The number of hydrogen-bond acceptors (Lipinski definition) is 7. The summed E-state index contributed by atoms with van der Waals surface area (Å²) in [5, 5.41) is 14.7. The normalized spacial score (nSPS) is 16.2. The fraction of sp³-hybridized carbons (Fsp3) is 0.160. The predicted molar refractivity (Wildman–Crippen MR) is 145 cm³/mol. The summed E-state index contributed by atoms with van der Waals surface area (Å²) in [6.45, 7) is 0.167. The first-order valence-electron chi connectivity index (χ1n) is 10.9. The number of nitro groups is 1. The topological polar surface area (TPSA) is 114 Å². The van der Waals surface area contributed by atoms with Gasteiger partial charge in [0.15, 0.2) is 5.17 Å². The number of carbonyl (C=O) groups excluding carboxylic acids is 2. The Morgan fingerprint density at radius 3 is 2.57 bits per heavy atom. The number of rotatable bonds is 8. The number of aliphatic imine (C=N–C) groups is 1. The monoisotopic (exact) mass is 558 g/mol. The Labute approximate surface area is 226 Å². The summed E-state index contributed by atoms with van der Waals surface area (Å²) in [4.78, 5) is 43.1. The highest BCUT2D eigenvalue weighted by Gasteiger charge is 2.39. The number of thioether (sulfide) groups is 1. The van der Waals surface area contributed by atoms with Gasteiger partial charge in [-0.25, -0.2) is 4.99 Å². The Bertz CT molecular complexity index is 1380. The summed E-state index contributed by atoms with van der Waals surface area (Å²) in [5.41, 5.74) is 1.00. The number of amidine groups is 1. The van der Waals surface area contributed by atoms with Crippen molar-refractivity contribution in [2.75, 3.05) is 12.4 Å². The lowest BCUT2D eigenvalue weighted by atomic mass is 10.2. The average Bonchev–Trinajstić information content (AvgIpc) is 3.15. The third kappa shape index (κ3) is 6.40. The van der Waals surface area contributed by atoms with Crippen LogP contribution in [0.25, 0.3) is 0 Å². The molecule has 3 aromatic carbocycles. The van der Waals surface area contributed by atoms with Gasteiger partial charge >= 0.3 is 0 Å². The molecule has 1 saturated heterocycles. The van der Waals surface area contributed by atoms with E-state index < -0.39 is 16.1 Å². The average molecular weight is 559 g/mol. The van der Waals surface area contributed by atoms with Gasteiger partial charge in [-0.2, -0.15) is 0 Å². The molecule has 12 heteroatoms. The number of nitro benzene ring substituents is 1. The predicted octanol–water partition coefficient (Wildman–Crippen LogP) is 6.07. The van der Waals surface area contributed by atoms with Crippen molar-refractivity contribution in [3.05, 3.63) is 92.5 Å². The van der Waals surface area contributed by atoms with Gasteiger partial charge in [0.05, 0.1) is 30.3 Å². The molecule has 1 aliphatic rings. The molecule has 0 saturated carbocycles.